The molecule has 0 bridgehead atoms. The van der Waals surface area contributed by atoms with Crippen molar-refractivity contribution in [3.63, 3.8) is 0 Å². The van der Waals surface area contributed by atoms with Gasteiger partial charge in [0.15, 0.2) is 8.32 Å². The highest BCUT2D eigenvalue weighted by Gasteiger charge is 2.41. The van der Waals surface area contributed by atoms with Gasteiger partial charge in [0.25, 0.3) is 0 Å². The molecule has 1 saturated carbocycles. The zero-order valence-corrected chi connectivity index (χ0v) is 9.89. The van der Waals surface area contributed by atoms with Crippen LogP contribution in [-0.2, 0) is 4.43 Å². The summed E-state index contributed by atoms with van der Waals surface area (Å²) in [6.45, 7) is 9.19. The van der Waals surface area contributed by atoms with E-state index in [0.717, 1.165) is 5.92 Å². The van der Waals surface area contributed by atoms with Crippen LogP contribution >= 0.6 is 0 Å². The minimum Gasteiger partial charge on any atom is -0.414 e. The maximum atomic E-state index is 6.25. The predicted molar refractivity (Wildman–Crippen MR) is 55.9 cm³/mol. The van der Waals surface area contributed by atoms with Crippen LogP contribution in [0.2, 0.25) is 18.1 Å². The van der Waals surface area contributed by atoms with Gasteiger partial charge in [-0.25, -0.2) is 0 Å². The quantitative estimate of drug-likeness (QED) is 0.598. The van der Waals surface area contributed by atoms with Gasteiger partial charge in [-0.3, -0.25) is 0 Å². The number of hydrogen-bond donors (Lipinski definition) is 0. The molecule has 0 radical (unpaired) electrons. The molecule has 2 atom stereocenters. The van der Waals surface area contributed by atoms with Crippen LogP contribution < -0.4 is 0 Å². The Morgan fingerprint density at radius 1 is 1.17 bits per heavy atom. The highest BCUT2D eigenvalue weighted by atomic mass is 28.4. The standard InChI is InChI=1S/C10H22OSi/c1-5-12(6-2,7-3)11-10-8-9(10)4/h9-10H,5-8H2,1-4H3/t9-,10-/m1/s1. The van der Waals surface area contributed by atoms with E-state index in [0.29, 0.717) is 6.10 Å². The molecular formula is C10H22OSi. The van der Waals surface area contributed by atoms with Gasteiger partial charge in [-0.15, -0.1) is 0 Å². The van der Waals surface area contributed by atoms with Gasteiger partial charge in [0.2, 0.25) is 0 Å². The van der Waals surface area contributed by atoms with Crippen LogP contribution in [0, 0.1) is 5.92 Å². The molecule has 1 aliphatic carbocycles. The zero-order chi connectivity index (χ0) is 9.19. The topological polar surface area (TPSA) is 9.23 Å². The molecule has 12 heavy (non-hydrogen) atoms. The second-order valence-corrected chi connectivity index (χ2v) is 8.84. The fraction of sp³-hybridized carbons (Fsp3) is 1.00. The van der Waals surface area contributed by atoms with Gasteiger partial charge in [0, 0.05) is 6.10 Å². The number of hydrogen-bond acceptors (Lipinski definition) is 1. The fourth-order valence-corrected chi connectivity index (χ4v) is 4.74. The van der Waals surface area contributed by atoms with Crippen LogP contribution in [0.15, 0.2) is 0 Å². The lowest BCUT2D eigenvalue weighted by atomic mass is 10.5. The van der Waals surface area contributed by atoms with Crippen molar-refractivity contribution in [3.05, 3.63) is 0 Å². The lowest BCUT2D eigenvalue weighted by molar-refractivity contribution is 0.270. The van der Waals surface area contributed by atoms with Crippen LogP contribution in [0.1, 0.15) is 34.1 Å². The average Bonchev–Trinajstić information content (AvgIpc) is 2.78. The summed E-state index contributed by atoms with van der Waals surface area (Å²) >= 11 is 0. The molecule has 72 valence electrons. The average molecular weight is 186 g/mol. The molecule has 1 aliphatic rings. The van der Waals surface area contributed by atoms with Gasteiger partial charge >= 0.3 is 0 Å². The molecular weight excluding hydrogens is 164 g/mol. The van der Waals surface area contributed by atoms with E-state index in [1.807, 2.05) is 0 Å². The Morgan fingerprint density at radius 2 is 1.58 bits per heavy atom. The van der Waals surface area contributed by atoms with Crippen molar-refractivity contribution in [1.82, 2.24) is 0 Å². The highest BCUT2D eigenvalue weighted by Crippen LogP contribution is 2.38. The van der Waals surface area contributed by atoms with Gasteiger partial charge in [-0.05, 0) is 30.5 Å². The van der Waals surface area contributed by atoms with Gasteiger partial charge in [-0.1, -0.05) is 27.7 Å². The summed E-state index contributed by atoms with van der Waals surface area (Å²) in [5.74, 6) is 0.849. The van der Waals surface area contributed by atoms with Crippen molar-refractivity contribution in [2.75, 3.05) is 0 Å². The molecule has 0 heterocycles. The Kier molecular flexibility index (Phi) is 3.35. The number of rotatable bonds is 5. The van der Waals surface area contributed by atoms with Gasteiger partial charge in [0.1, 0.15) is 0 Å². The minimum absolute atomic E-state index is 0.636. The Balaban J connectivity index is 2.41. The molecule has 0 aromatic heterocycles. The molecule has 0 N–H and O–H groups in total. The van der Waals surface area contributed by atoms with Gasteiger partial charge in [0.05, 0.1) is 0 Å². The second kappa shape index (κ2) is 3.92. The first-order chi connectivity index (χ1) is 5.67. The third kappa shape index (κ3) is 2.11. The predicted octanol–water partition coefficient (Wildman–Crippen LogP) is 3.42. The smallest absolute Gasteiger partial charge is 0.192 e. The lowest BCUT2D eigenvalue weighted by Gasteiger charge is -2.28. The van der Waals surface area contributed by atoms with Gasteiger partial charge in [-0.2, -0.15) is 0 Å². The van der Waals surface area contributed by atoms with E-state index in [1.165, 1.54) is 24.6 Å². The SMILES string of the molecule is CC[Si](CC)(CC)O[C@@H]1C[C@H]1C. The maximum Gasteiger partial charge on any atom is 0.192 e. The van der Waals surface area contributed by atoms with Crippen molar-refractivity contribution < 1.29 is 4.43 Å². The molecule has 0 unspecified atom stereocenters. The van der Waals surface area contributed by atoms with E-state index in [-0.39, 0.29) is 0 Å². The maximum absolute atomic E-state index is 6.25. The van der Waals surface area contributed by atoms with E-state index in [2.05, 4.69) is 27.7 Å². The van der Waals surface area contributed by atoms with E-state index in [1.54, 1.807) is 0 Å². The Morgan fingerprint density at radius 3 is 1.83 bits per heavy atom. The first kappa shape index (κ1) is 10.3. The summed E-state index contributed by atoms with van der Waals surface area (Å²) in [6.07, 6.45) is 1.95. The summed E-state index contributed by atoms with van der Waals surface area (Å²) in [6, 6.07) is 3.88. The zero-order valence-electron chi connectivity index (χ0n) is 8.89. The molecule has 0 aromatic carbocycles. The molecule has 0 aromatic rings. The van der Waals surface area contributed by atoms with E-state index >= 15 is 0 Å². The molecule has 0 aliphatic heterocycles. The van der Waals surface area contributed by atoms with E-state index in [9.17, 15) is 0 Å². The van der Waals surface area contributed by atoms with Crippen LogP contribution in [0.3, 0.4) is 0 Å². The molecule has 0 saturated heterocycles. The Labute approximate surface area is 77.6 Å². The Bertz CT molecular complexity index is 135. The van der Waals surface area contributed by atoms with Crippen LogP contribution in [0.4, 0.5) is 0 Å². The molecule has 0 amide bonds. The third-order valence-electron chi connectivity index (χ3n) is 3.37. The molecule has 2 heteroatoms. The Hall–Kier alpha value is 0.177. The fourth-order valence-electron chi connectivity index (χ4n) is 1.77. The van der Waals surface area contributed by atoms with Crippen molar-refractivity contribution in [3.8, 4) is 0 Å². The summed E-state index contributed by atoms with van der Waals surface area (Å²) in [4.78, 5) is 0. The summed E-state index contributed by atoms with van der Waals surface area (Å²) < 4.78 is 6.25. The normalized spacial score (nSPS) is 29.0. The van der Waals surface area contributed by atoms with Gasteiger partial charge < -0.3 is 4.43 Å². The molecule has 1 fully saturated rings. The van der Waals surface area contributed by atoms with Crippen LogP contribution in [0.5, 0.6) is 0 Å². The third-order valence-corrected chi connectivity index (χ3v) is 8.04. The monoisotopic (exact) mass is 186 g/mol. The molecule has 1 rings (SSSR count). The van der Waals surface area contributed by atoms with E-state index < -0.39 is 8.32 Å². The second-order valence-electron chi connectivity index (χ2n) is 4.11. The van der Waals surface area contributed by atoms with Crippen molar-refractivity contribution in [1.29, 1.82) is 0 Å². The van der Waals surface area contributed by atoms with Crippen molar-refractivity contribution in [2.24, 2.45) is 5.92 Å². The lowest BCUT2D eigenvalue weighted by Crippen LogP contribution is -2.36. The highest BCUT2D eigenvalue weighted by molar-refractivity contribution is 6.73. The molecule has 1 nitrogen and oxygen atoms in total. The largest absolute Gasteiger partial charge is 0.414 e. The minimum atomic E-state index is -1.26. The van der Waals surface area contributed by atoms with Crippen molar-refractivity contribution >= 4 is 8.32 Å². The van der Waals surface area contributed by atoms with Crippen LogP contribution in [0.25, 0.3) is 0 Å². The summed E-state index contributed by atoms with van der Waals surface area (Å²) in [5.41, 5.74) is 0. The summed E-state index contributed by atoms with van der Waals surface area (Å²) in [7, 11) is -1.26. The van der Waals surface area contributed by atoms with Crippen molar-refractivity contribution in [2.45, 2.75) is 58.4 Å². The summed E-state index contributed by atoms with van der Waals surface area (Å²) in [5, 5.41) is 0. The first-order valence-electron chi connectivity index (χ1n) is 5.35. The molecule has 0 spiro atoms. The first-order valence-corrected chi connectivity index (χ1v) is 7.88. The van der Waals surface area contributed by atoms with E-state index in [4.69, 9.17) is 4.43 Å². The van der Waals surface area contributed by atoms with Crippen LogP contribution in [-0.4, -0.2) is 14.4 Å².